The van der Waals surface area contributed by atoms with Crippen LogP contribution in [0.3, 0.4) is 0 Å². The molecule has 0 atom stereocenters. The molecule has 2 aromatic rings. The molecule has 0 saturated carbocycles. The van der Waals surface area contributed by atoms with E-state index >= 15 is 0 Å². The zero-order chi connectivity index (χ0) is 11.7. The fraction of sp³-hybridized carbons (Fsp3) is 0.182. The first kappa shape index (κ1) is 10.8. The van der Waals surface area contributed by atoms with Crippen molar-refractivity contribution in [3.05, 3.63) is 23.4 Å². The Kier molecular flexibility index (Phi) is 2.75. The molecule has 4 nitrogen and oxygen atoms in total. The van der Waals surface area contributed by atoms with Crippen molar-refractivity contribution in [1.82, 2.24) is 4.98 Å². The number of benzene rings is 1. The van der Waals surface area contributed by atoms with Gasteiger partial charge in [0.2, 0.25) is 0 Å². The van der Waals surface area contributed by atoms with Crippen molar-refractivity contribution in [2.24, 2.45) is 0 Å². The minimum Gasteiger partial charge on any atom is -0.493 e. The molecule has 0 aliphatic heterocycles. The van der Waals surface area contributed by atoms with Gasteiger partial charge in [-0.05, 0) is 23.6 Å². The van der Waals surface area contributed by atoms with Gasteiger partial charge in [-0.3, -0.25) is 0 Å². The van der Waals surface area contributed by atoms with Crippen LogP contribution >= 0.6 is 11.6 Å². The fourth-order valence-electron chi connectivity index (χ4n) is 1.57. The van der Waals surface area contributed by atoms with Gasteiger partial charge >= 0.3 is 0 Å². The summed E-state index contributed by atoms with van der Waals surface area (Å²) in [6.07, 6.45) is 0. The molecule has 0 fully saturated rings. The summed E-state index contributed by atoms with van der Waals surface area (Å²) >= 11 is 5.83. The van der Waals surface area contributed by atoms with E-state index in [1.165, 1.54) is 0 Å². The summed E-state index contributed by atoms with van der Waals surface area (Å²) in [6, 6.07) is 5.33. The minimum atomic E-state index is 0.359. The van der Waals surface area contributed by atoms with Crippen LogP contribution < -0.4 is 15.2 Å². The lowest BCUT2D eigenvalue weighted by atomic mass is 10.1. The fourth-order valence-corrected chi connectivity index (χ4v) is 1.78. The number of ether oxygens (including phenoxy) is 2. The Morgan fingerprint density at radius 3 is 2.38 bits per heavy atom. The van der Waals surface area contributed by atoms with Crippen LogP contribution in [-0.4, -0.2) is 19.2 Å². The van der Waals surface area contributed by atoms with E-state index in [2.05, 4.69) is 4.98 Å². The third-order valence-electron chi connectivity index (χ3n) is 2.33. The first-order valence-electron chi connectivity index (χ1n) is 4.63. The van der Waals surface area contributed by atoms with Crippen LogP contribution in [0.5, 0.6) is 11.5 Å². The number of hydrogen-bond acceptors (Lipinski definition) is 4. The summed E-state index contributed by atoms with van der Waals surface area (Å²) in [5.41, 5.74) is 5.78. The maximum absolute atomic E-state index is 5.83. The first-order valence-corrected chi connectivity index (χ1v) is 5.01. The molecule has 1 heterocycles. The number of nitrogens with two attached hydrogens (primary N) is 1. The van der Waals surface area contributed by atoms with Crippen LogP contribution in [0.2, 0.25) is 5.15 Å². The molecule has 0 saturated heterocycles. The molecule has 0 aliphatic rings. The minimum absolute atomic E-state index is 0.359. The SMILES string of the molecule is COc1cc2cc(Cl)nc(N)c2cc1OC. The predicted octanol–water partition coefficient (Wildman–Crippen LogP) is 2.49. The molecular formula is C11H11ClN2O2. The van der Waals surface area contributed by atoms with Gasteiger partial charge in [0.05, 0.1) is 14.2 Å². The number of rotatable bonds is 2. The molecule has 2 N–H and O–H groups in total. The van der Waals surface area contributed by atoms with E-state index in [9.17, 15) is 0 Å². The number of fused-ring (bicyclic) bond motifs is 1. The zero-order valence-corrected chi connectivity index (χ0v) is 9.71. The van der Waals surface area contributed by atoms with Gasteiger partial charge in [-0.15, -0.1) is 0 Å². The highest BCUT2D eigenvalue weighted by molar-refractivity contribution is 6.30. The summed E-state index contributed by atoms with van der Waals surface area (Å²) in [7, 11) is 3.15. The maximum Gasteiger partial charge on any atom is 0.161 e. The number of nitrogens with zero attached hydrogens (tertiary/aromatic N) is 1. The normalized spacial score (nSPS) is 10.4. The molecule has 0 unspecified atom stereocenters. The topological polar surface area (TPSA) is 57.4 Å². The molecule has 0 bridgehead atoms. The lowest BCUT2D eigenvalue weighted by Gasteiger charge is -2.10. The Morgan fingerprint density at radius 2 is 1.75 bits per heavy atom. The van der Waals surface area contributed by atoms with Gasteiger partial charge in [0, 0.05) is 5.39 Å². The average molecular weight is 239 g/mol. The summed E-state index contributed by atoms with van der Waals surface area (Å²) in [5, 5.41) is 2.02. The molecule has 1 aromatic carbocycles. The summed E-state index contributed by atoms with van der Waals surface area (Å²) < 4.78 is 10.4. The van der Waals surface area contributed by atoms with E-state index in [1.807, 2.05) is 6.07 Å². The van der Waals surface area contributed by atoms with Gasteiger partial charge in [0.15, 0.2) is 11.5 Å². The molecule has 0 radical (unpaired) electrons. The van der Waals surface area contributed by atoms with Crippen molar-refractivity contribution >= 4 is 28.2 Å². The highest BCUT2D eigenvalue weighted by atomic mass is 35.5. The van der Waals surface area contributed by atoms with Crippen molar-refractivity contribution in [3.63, 3.8) is 0 Å². The Labute approximate surface area is 97.9 Å². The van der Waals surface area contributed by atoms with Crippen molar-refractivity contribution in [2.45, 2.75) is 0 Å². The standard InChI is InChI=1S/C11H11ClN2O2/c1-15-8-3-6-4-10(12)14-11(13)7(6)5-9(8)16-2/h3-5H,1-2H3,(H2,13,14). The number of methoxy groups -OCH3 is 2. The second-order valence-electron chi connectivity index (χ2n) is 3.26. The highest BCUT2D eigenvalue weighted by Crippen LogP contribution is 2.34. The number of nitrogen functional groups attached to an aromatic ring is 1. The second kappa shape index (κ2) is 4.06. The molecule has 2 rings (SSSR count). The third-order valence-corrected chi connectivity index (χ3v) is 2.53. The molecular weight excluding hydrogens is 228 g/mol. The van der Waals surface area contributed by atoms with Crippen LogP contribution in [0, 0.1) is 0 Å². The average Bonchev–Trinajstić information content (AvgIpc) is 2.27. The Hall–Kier alpha value is -1.68. The van der Waals surface area contributed by atoms with Crippen molar-refractivity contribution < 1.29 is 9.47 Å². The van der Waals surface area contributed by atoms with Gasteiger partial charge < -0.3 is 15.2 Å². The summed E-state index contributed by atoms with van der Waals surface area (Å²) in [6.45, 7) is 0. The van der Waals surface area contributed by atoms with Crippen LogP contribution in [-0.2, 0) is 0 Å². The smallest absolute Gasteiger partial charge is 0.161 e. The number of anilines is 1. The maximum atomic E-state index is 5.83. The molecule has 0 spiro atoms. The van der Waals surface area contributed by atoms with E-state index in [1.54, 1.807) is 26.4 Å². The lowest BCUT2D eigenvalue weighted by molar-refractivity contribution is 0.356. The van der Waals surface area contributed by atoms with Gasteiger partial charge in [0.1, 0.15) is 11.0 Å². The van der Waals surface area contributed by atoms with Crippen molar-refractivity contribution in [1.29, 1.82) is 0 Å². The van der Waals surface area contributed by atoms with Gasteiger partial charge in [-0.25, -0.2) is 4.98 Å². The quantitative estimate of drug-likeness (QED) is 0.817. The molecule has 5 heteroatoms. The predicted molar refractivity (Wildman–Crippen MR) is 64.3 cm³/mol. The number of hydrogen-bond donors (Lipinski definition) is 1. The number of pyridine rings is 1. The van der Waals surface area contributed by atoms with Crippen molar-refractivity contribution in [2.75, 3.05) is 20.0 Å². The van der Waals surface area contributed by atoms with Gasteiger partial charge in [0.25, 0.3) is 0 Å². The van der Waals surface area contributed by atoms with E-state index in [4.69, 9.17) is 26.8 Å². The van der Waals surface area contributed by atoms with Crippen molar-refractivity contribution in [3.8, 4) is 11.5 Å². The first-order chi connectivity index (χ1) is 7.65. The van der Waals surface area contributed by atoms with E-state index in [0.29, 0.717) is 22.5 Å². The largest absolute Gasteiger partial charge is 0.493 e. The van der Waals surface area contributed by atoms with E-state index in [0.717, 1.165) is 10.8 Å². The van der Waals surface area contributed by atoms with E-state index < -0.39 is 0 Å². The molecule has 1 aromatic heterocycles. The molecule has 0 amide bonds. The van der Waals surface area contributed by atoms with E-state index in [-0.39, 0.29) is 0 Å². The lowest BCUT2D eigenvalue weighted by Crippen LogP contribution is -1.95. The Morgan fingerprint density at radius 1 is 1.12 bits per heavy atom. The number of aromatic nitrogens is 1. The third kappa shape index (κ3) is 1.72. The van der Waals surface area contributed by atoms with Crippen LogP contribution in [0.25, 0.3) is 10.8 Å². The zero-order valence-electron chi connectivity index (χ0n) is 8.95. The van der Waals surface area contributed by atoms with Crippen LogP contribution in [0.15, 0.2) is 18.2 Å². The van der Waals surface area contributed by atoms with Crippen LogP contribution in [0.1, 0.15) is 0 Å². The summed E-state index contributed by atoms with van der Waals surface area (Å²) in [5.74, 6) is 1.63. The summed E-state index contributed by atoms with van der Waals surface area (Å²) in [4.78, 5) is 3.98. The Bertz CT molecular complexity index is 543. The molecule has 0 aliphatic carbocycles. The van der Waals surface area contributed by atoms with Gasteiger partial charge in [-0.2, -0.15) is 0 Å². The van der Waals surface area contributed by atoms with Crippen LogP contribution in [0.4, 0.5) is 5.82 Å². The number of halogens is 1. The second-order valence-corrected chi connectivity index (χ2v) is 3.65. The van der Waals surface area contributed by atoms with Gasteiger partial charge in [-0.1, -0.05) is 11.6 Å². The monoisotopic (exact) mass is 238 g/mol. The molecule has 16 heavy (non-hydrogen) atoms. The Balaban J connectivity index is 2.78. The molecule has 84 valence electrons. The highest BCUT2D eigenvalue weighted by Gasteiger charge is 2.09.